The van der Waals surface area contributed by atoms with Crippen LogP contribution in [0.25, 0.3) is 0 Å². The minimum Gasteiger partial charge on any atom is -0.271 e. The van der Waals surface area contributed by atoms with E-state index in [9.17, 15) is 12.8 Å². The molecule has 1 aromatic heterocycles. The molecule has 120 valence electrons. The molecule has 1 heterocycles. The first-order chi connectivity index (χ1) is 10.3. The van der Waals surface area contributed by atoms with Crippen LogP contribution in [0.3, 0.4) is 0 Å². The van der Waals surface area contributed by atoms with Crippen molar-refractivity contribution in [2.24, 2.45) is 0 Å². The number of nitrogens with one attached hydrogen (secondary N) is 1. The number of hydrogen-bond acceptors (Lipinski definition) is 3. The second-order valence-electron chi connectivity index (χ2n) is 5.44. The molecule has 0 saturated carbocycles. The summed E-state index contributed by atoms with van der Waals surface area (Å²) in [6.07, 6.45) is 1.94. The van der Waals surface area contributed by atoms with Crippen molar-refractivity contribution in [3.8, 4) is 0 Å². The molecule has 0 radical (unpaired) electrons. The third kappa shape index (κ3) is 3.92. The largest absolute Gasteiger partial charge is 0.271 e. The third-order valence-electron chi connectivity index (χ3n) is 3.36. The second kappa shape index (κ2) is 6.58. The summed E-state index contributed by atoms with van der Waals surface area (Å²) >= 11 is 0. The lowest BCUT2D eigenvalue weighted by Gasteiger charge is -2.07. The van der Waals surface area contributed by atoms with E-state index in [1.54, 1.807) is 4.68 Å². The highest BCUT2D eigenvalue weighted by atomic mass is 32.2. The molecule has 0 aliphatic carbocycles. The van der Waals surface area contributed by atoms with Gasteiger partial charge in [0, 0.05) is 12.7 Å². The third-order valence-corrected chi connectivity index (χ3v) is 4.84. The monoisotopic (exact) mass is 325 g/mol. The standard InChI is InChI=1S/C15H20FN3O2S/c1-11(2)15-10-19(18-12(15)3)9-8-17-22(20,21)14-6-4-13(16)5-7-14/h4-7,10-11,17H,8-9H2,1-3H3. The summed E-state index contributed by atoms with van der Waals surface area (Å²) in [6, 6.07) is 4.74. The van der Waals surface area contributed by atoms with Gasteiger partial charge < -0.3 is 0 Å². The molecule has 0 bridgehead atoms. The van der Waals surface area contributed by atoms with Crippen LogP contribution >= 0.6 is 0 Å². The highest BCUT2D eigenvalue weighted by Gasteiger charge is 2.14. The fourth-order valence-electron chi connectivity index (χ4n) is 2.21. The first-order valence-corrected chi connectivity index (χ1v) is 8.57. The van der Waals surface area contributed by atoms with Crippen LogP contribution in [0.2, 0.25) is 0 Å². The number of nitrogens with zero attached hydrogens (tertiary/aromatic N) is 2. The number of benzene rings is 1. The summed E-state index contributed by atoms with van der Waals surface area (Å²) in [5.41, 5.74) is 2.11. The van der Waals surface area contributed by atoms with Crippen molar-refractivity contribution in [2.75, 3.05) is 6.54 Å². The van der Waals surface area contributed by atoms with Gasteiger partial charge in [-0.15, -0.1) is 0 Å². The molecule has 5 nitrogen and oxygen atoms in total. The molecule has 22 heavy (non-hydrogen) atoms. The molecule has 0 aliphatic heterocycles. The molecule has 0 saturated heterocycles. The molecule has 1 aromatic carbocycles. The van der Waals surface area contributed by atoms with Gasteiger partial charge in [0.2, 0.25) is 10.0 Å². The SMILES string of the molecule is Cc1nn(CCNS(=O)(=O)c2ccc(F)cc2)cc1C(C)C. The Morgan fingerprint density at radius 2 is 1.91 bits per heavy atom. The Morgan fingerprint density at radius 3 is 2.45 bits per heavy atom. The average Bonchev–Trinajstić information content (AvgIpc) is 2.80. The van der Waals surface area contributed by atoms with Crippen molar-refractivity contribution in [1.82, 2.24) is 14.5 Å². The quantitative estimate of drug-likeness (QED) is 0.887. The van der Waals surface area contributed by atoms with E-state index in [1.807, 2.05) is 13.1 Å². The Kier molecular flexibility index (Phi) is 4.97. The highest BCUT2D eigenvalue weighted by molar-refractivity contribution is 7.89. The van der Waals surface area contributed by atoms with Crippen molar-refractivity contribution >= 4 is 10.0 Å². The Bertz CT molecular complexity index is 737. The Hall–Kier alpha value is -1.73. The molecular formula is C15H20FN3O2S. The van der Waals surface area contributed by atoms with Gasteiger partial charge in [0.25, 0.3) is 0 Å². The van der Waals surface area contributed by atoms with Gasteiger partial charge in [0.1, 0.15) is 5.82 Å². The van der Waals surface area contributed by atoms with Crippen LogP contribution in [0.5, 0.6) is 0 Å². The predicted octanol–water partition coefficient (Wildman–Crippen LogP) is 2.43. The average molecular weight is 325 g/mol. The number of halogens is 1. The van der Waals surface area contributed by atoms with E-state index in [0.717, 1.165) is 23.4 Å². The van der Waals surface area contributed by atoms with Gasteiger partial charge in [-0.25, -0.2) is 17.5 Å². The van der Waals surface area contributed by atoms with Gasteiger partial charge in [-0.1, -0.05) is 13.8 Å². The molecule has 0 amide bonds. The minimum absolute atomic E-state index is 0.0495. The molecule has 0 atom stereocenters. The first-order valence-electron chi connectivity index (χ1n) is 7.09. The molecule has 0 aliphatic rings. The molecule has 0 fully saturated rings. The van der Waals surface area contributed by atoms with E-state index >= 15 is 0 Å². The van der Waals surface area contributed by atoms with E-state index in [4.69, 9.17) is 0 Å². The maximum absolute atomic E-state index is 12.8. The van der Waals surface area contributed by atoms with E-state index in [-0.39, 0.29) is 11.4 Å². The zero-order valence-electron chi connectivity index (χ0n) is 12.9. The smallest absolute Gasteiger partial charge is 0.240 e. The van der Waals surface area contributed by atoms with Crippen molar-refractivity contribution in [3.05, 3.63) is 47.5 Å². The molecule has 0 spiro atoms. The molecule has 2 aromatic rings. The molecule has 2 rings (SSSR count). The summed E-state index contributed by atoms with van der Waals surface area (Å²) < 4.78 is 41.2. The van der Waals surface area contributed by atoms with Crippen LogP contribution in [0.4, 0.5) is 4.39 Å². The summed E-state index contributed by atoms with van der Waals surface area (Å²) in [5.74, 6) is -0.0863. The number of sulfonamides is 1. The van der Waals surface area contributed by atoms with Crippen LogP contribution in [-0.4, -0.2) is 24.7 Å². The lowest BCUT2D eigenvalue weighted by atomic mass is 10.1. The van der Waals surface area contributed by atoms with Crippen LogP contribution in [0.1, 0.15) is 31.0 Å². The van der Waals surface area contributed by atoms with Gasteiger partial charge in [-0.05, 0) is 42.7 Å². The summed E-state index contributed by atoms with van der Waals surface area (Å²) in [5, 5.41) is 4.37. The topological polar surface area (TPSA) is 64.0 Å². The molecular weight excluding hydrogens is 305 g/mol. The Morgan fingerprint density at radius 1 is 1.27 bits per heavy atom. The normalized spacial score (nSPS) is 12.0. The number of hydrogen-bond donors (Lipinski definition) is 1. The maximum atomic E-state index is 12.8. The van der Waals surface area contributed by atoms with Crippen molar-refractivity contribution < 1.29 is 12.8 Å². The number of rotatable bonds is 6. The van der Waals surface area contributed by atoms with Crippen LogP contribution in [0.15, 0.2) is 35.4 Å². The zero-order valence-corrected chi connectivity index (χ0v) is 13.7. The second-order valence-corrected chi connectivity index (χ2v) is 7.21. The lowest BCUT2D eigenvalue weighted by molar-refractivity contribution is 0.559. The Labute approximate surface area is 130 Å². The van der Waals surface area contributed by atoms with E-state index < -0.39 is 15.8 Å². The molecule has 7 heteroatoms. The minimum atomic E-state index is -3.62. The van der Waals surface area contributed by atoms with Gasteiger partial charge in [0.15, 0.2) is 0 Å². The van der Waals surface area contributed by atoms with Crippen LogP contribution in [0, 0.1) is 12.7 Å². The fraction of sp³-hybridized carbons (Fsp3) is 0.400. The highest BCUT2D eigenvalue weighted by Crippen LogP contribution is 2.17. The summed E-state index contributed by atoms with van der Waals surface area (Å²) in [4.78, 5) is 0.0495. The zero-order chi connectivity index (χ0) is 16.3. The fourth-order valence-corrected chi connectivity index (χ4v) is 3.23. The van der Waals surface area contributed by atoms with Crippen molar-refractivity contribution in [3.63, 3.8) is 0 Å². The Balaban J connectivity index is 1.98. The molecule has 1 N–H and O–H groups in total. The van der Waals surface area contributed by atoms with Gasteiger partial charge in [0.05, 0.1) is 17.1 Å². The molecule has 0 unspecified atom stereocenters. The van der Waals surface area contributed by atoms with Gasteiger partial charge >= 0.3 is 0 Å². The maximum Gasteiger partial charge on any atom is 0.240 e. The van der Waals surface area contributed by atoms with Crippen LogP contribution < -0.4 is 4.72 Å². The summed E-state index contributed by atoms with van der Waals surface area (Å²) in [6.45, 7) is 6.78. The first kappa shape index (κ1) is 16.6. The lowest BCUT2D eigenvalue weighted by Crippen LogP contribution is -2.27. The van der Waals surface area contributed by atoms with Gasteiger partial charge in [-0.2, -0.15) is 5.10 Å². The van der Waals surface area contributed by atoms with Crippen molar-refractivity contribution in [2.45, 2.75) is 38.1 Å². The van der Waals surface area contributed by atoms with E-state index in [2.05, 4.69) is 23.7 Å². The number of aromatic nitrogens is 2. The van der Waals surface area contributed by atoms with Crippen molar-refractivity contribution in [1.29, 1.82) is 0 Å². The summed E-state index contributed by atoms with van der Waals surface area (Å²) in [7, 11) is -3.62. The van der Waals surface area contributed by atoms with E-state index in [0.29, 0.717) is 12.5 Å². The predicted molar refractivity (Wildman–Crippen MR) is 82.6 cm³/mol. The van der Waals surface area contributed by atoms with Gasteiger partial charge in [-0.3, -0.25) is 4.68 Å². The number of aryl methyl sites for hydroxylation is 1. The van der Waals surface area contributed by atoms with Crippen LogP contribution in [-0.2, 0) is 16.6 Å². The van der Waals surface area contributed by atoms with E-state index in [1.165, 1.54) is 12.1 Å².